The molecular formula is C21H26BF3N2O. The molecule has 2 aliphatic rings. The van der Waals surface area contributed by atoms with Crippen LogP contribution in [-0.2, 0) is 10.9 Å². The van der Waals surface area contributed by atoms with E-state index >= 15 is 0 Å². The second kappa shape index (κ2) is 7.95. The monoisotopic (exact) mass is 390 g/mol. The maximum absolute atomic E-state index is 13.3. The Balaban J connectivity index is 2.00. The van der Waals surface area contributed by atoms with Crippen LogP contribution in [0.5, 0.6) is 0 Å². The van der Waals surface area contributed by atoms with Crippen LogP contribution in [0.15, 0.2) is 48.0 Å². The lowest BCUT2D eigenvalue weighted by atomic mass is 9.66. The van der Waals surface area contributed by atoms with Gasteiger partial charge in [0.05, 0.1) is 12.2 Å². The quantitative estimate of drug-likeness (QED) is 0.561. The molecule has 2 unspecified atom stereocenters. The van der Waals surface area contributed by atoms with Crippen LogP contribution in [0.3, 0.4) is 0 Å². The van der Waals surface area contributed by atoms with Crippen LogP contribution >= 0.6 is 0 Å². The van der Waals surface area contributed by atoms with Crippen molar-refractivity contribution in [1.29, 1.82) is 0 Å². The van der Waals surface area contributed by atoms with Crippen molar-refractivity contribution in [3.8, 4) is 0 Å². The highest BCUT2D eigenvalue weighted by atomic mass is 19.4. The molecule has 1 heterocycles. The molecule has 1 aliphatic carbocycles. The maximum Gasteiger partial charge on any atom is 0.416 e. The Morgan fingerprint density at radius 3 is 2.61 bits per heavy atom. The van der Waals surface area contributed by atoms with Crippen LogP contribution in [0.25, 0.3) is 0 Å². The van der Waals surface area contributed by atoms with Gasteiger partial charge in [0.1, 0.15) is 7.85 Å². The molecule has 3 rings (SSSR count). The van der Waals surface area contributed by atoms with Crippen LogP contribution in [0.4, 0.5) is 18.9 Å². The Morgan fingerprint density at radius 2 is 2.04 bits per heavy atom. The Hall–Kier alpha value is -1.73. The lowest BCUT2D eigenvalue weighted by Crippen LogP contribution is -2.56. The van der Waals surface area contributed by atoms with Crippen molar-refractivity contribution >= 4 is 13.5 Å². The largest absolute Gasteiger partial charge is 0.416 e. The highest BCUT2D eigenvalue weighted by Gasteiger charge is 2.47. The number of hydrogen-bond donors (Lipinski definition) is 1. The molecule has 0 amide bonds. The number of allylic oxidation sites excluding steroid dienone is 4. The van der Waals surface area contributed by atoms with E-state index in [9.17, 15) is 13.2 Å². The Bertz CT molecular complexity index is 756. The first-order chi connectivity index (χ1) is 13.2. The molecule has 28 heavy (non-hydrogen) atoms. The molecule has 1 N–H and O–H groups in total. The fraction of sp³-hybridized carbons (Fsp3) is 0.524. The molecule has 150 valence electrons. The number of alkyl halides is 3. The van der Waals surface area contributed by atoms with E-state index in [1.807, 2.05) is 24.1 Å². The zero-order valence-electron chi connectivity index (χ0n) is 16.5. The van der Waals surface area contributed by atoms with Gasteiger partial charge in [-0.25, -0.2) is 0 Å². The van der Waals surface area contributed by atoms with Crippen LogP contribution in [0, 0.1) is 11.8 Å². The Morgan fingerprint density at radius 1 is 1.32 bits per heavy atom. The van der Waals surface area contributed by atoms with E-state index in [2.05, 4.69) is 25.2 Å². The van der Waals surface area contributed by atoms with Crippen LogP contribution < -0.4 is 10.2 Å². The third kappa shape index (κ3) is 4.30. The summed E-state index contributed by atoms with van der Waals surface area (Å²) in [5.74, 6) is 0.164. The topological polar surface area (TPSA) is 27.8 Å². The summed E-state index contributed by atoms with van der Waals surface area (Å²) in [5.41, 5.74) is 0.161. The van der Waals surface area contributed by atoms with Crippen molar-refractivity contribution in [3.05, 3.63) is 53.5 Å². The number of benzene rings is 1. The van der Waals surface area contributed by atoms with Gasteiger partial charge in [0.25, 0.3) is 0 Å². The first-order valence-electron chi connectivity index (χ1n) is 9.51. The van der Waals surface area contributed by atoms with Gasteiger partial charge < -0.3 is 15.0 Å². The summed E-state index contributed by atoms with van der Waals surface area (Å²) in [6.45, 7) is 5.30. The fourth-order valence-corrected chi connectivity index (χ4v) is 4.24. The van der Waals surface area contributed by atoms with Crippen LogP contribution in [0.1, 0.15) is 25.8 Å². The number of rotatable bonds is 7. The smallest absolute Gasteiger partial charge is 0.351 e. The maximum atomic E-state index is 13.3. The number of nitrogens with zero attached hydrogens (tertiary/aromatic N) is 1. The molecule has 2 radical (unpaired) electrons. The first-order valence-corrected chi connectivity index (χ1v) is 9.51. The van der Waals surface area contributed by atoms with Crippen molar-refractivity contribution in [1.82, 2.24) is 5.32 Å². The molecule has 0 bridgehead atoms. The average Bonchev–Trinajstić information content (AvgIpc) is 3.44. The summed E-state index contributed by atoms with van der Waals surface area (Å²) in [5, 5.41) is 3.24. The minimum atomic E-state index is -4.39. The van der Waals surface area contributed by atoms with Crippen molar-refractivity contribution in [3.63, 3.8) is 0 Å². The van der Waals surface area contributed by atoms with Crippen molar-refractivity contribution in [2.45, 2.75) is 38.2 Å². The van der Waals surface area contributed by atoms with Gasteiger partial charge in [-0.05, 0) is 51.4 Å². The highest BCUT2D eigenvalue weighted by Crippen LogP contribution is 2.43. The average molecular weight is 390 g/mol. The van der Waals surface area contributed by atoms with Crippen molar-refractivity contribution < 1.29 is 17.9 Å². The molecule has 1 aromatic carbocycles. The molecule has 1 aromatic rings. The van der Waals surface area contributed by atoms with Gasteiger partial charge in [0.2, 0.25) is 0 Å². The summed E-state index contributed by atoms with van der Waals surface area (Å²) in [7, 11) is 8.18. The summed E-state index contributed by atoms with van der Waals surface area (Å²) in [6, 6.07) is 5.48. The standard InChI is InChI=1S/C21H26BF3N2O/c1-20(2,17(12-26-3)16-9-4-5-10-18(16)22)27(19-13-28-19)15-8-6-7-14(11-15)21(23,24)25/h4-8,10-11,16-17,19,26H,9,12-13H2,1-3H3/t16?,17?,19-/m0/s1. The molecule has 3 atom stereocenters. The summed E-state index contributed by atoms with van der Waals surface area (Å²) < 4.78 is 45.4. The summed E-state index contributed by atoms with van der Waals surface area (Å²) in [4.78, 5) is 1.98. The summed E-state index contributed by atoms with van der Waals surface area (Å²) >= 11 is 0. The van der Waals surface area contributed by atoms with Gasteiger partial charge in [-0.3, -0.25) is 0 Å². The molecule has 3 nitrogen and oxygen atoms in total. The molecule has 1 saturated heterocycles. The lowest BCUT2D eigenvalue weighted by molar-refractivity contribution is -0.137. The first kappa shape index (κ1) is 21.0. The SMILES string of the molecule is [B]C1=CC=CCC1C(CNC)C(C)(C)N(c1cccc(C(F)(F)F)c1)[C@@H]1CO1. The van der Waals surface area contributed by atoms with Crippen molar-refractivity contribution in [2.24, 2.45) is 11.8 Å². The predicted octanol–water partition coefficient (Wildman–Crippen LogP) is 4.11. The molecule has 0 saturated carbocycles. The fourth-order valence-electron chi connectivity index (χ4n) is 4.24. The Kier molecular flexibility index (Phi) is 5.96. The van der Waals surface area contributed by atoms with E-state index < -0.39 is 17.3 Å². The predicted molar refractivity (Wildman–Crippen MR) is 106 cm³/mol. The van der Waals surface area contributed by atoms with Gasteiger partial charge >= 0.3 is 6.18 Å². The second-order valence-corrected chi connectivity index (χ2v) is 7.96. The van der Waals surface area contributed by atoms with E-state index in [4.69, 9.17) is 12.6 Å². The third-order valence-electron chi connectivity index (χ3n) is 5.74. The number of halogens is 3. The second-order valence-electron chi connectivity index (χ2n) is 7.96. The van der Waals surface area contributed by atoms with Gasteiger partial charge in [-0.1, -0.05) is 24.3 Å². The third-order valence-corrected chi connectivity index (χ3v) is 5.74. The van der Waals surface area contributed by atoms with E-state index in [-0.39, 0.29) is 18.1 Å². The normalized spacial score (nSPS) is 23.3. The van der Waals surface area contributed by atoms with Crippen LogP contribution in [0.2, 0.25) is 0 Å². The lowest BCUT2D eigenvalue weighted by Gasteiger charge is -2.48. The molecule has 1 aliphatic heterocycles. The number of nitrogens with one attached hydrogen (secondary N) is 1. The molecule has 7 heteroatoms. The van der Waals surface area contributed by atoms with Gasteiger partial charge in [-0.2, -0.15) is 13.2 Å². The number of anilines is 1. The van der Waals surface area contributed by atoms with Gasteiger partial charge in [-0.15, -0.1) is 5.47 Å². The number of epoxide rings is 1. The minimum absolute atomic E-state index is 0.0671. The highest BCUT2D eigenvalue weighted by molar-refractivity contribution is 6.22. The minimum Gasteiger partial charge on any atom is -0.351 e. The molecular weight excluding hydrogens is 364 g/mol. The van der Waals surface area contributed by atoms with E-state index in [0.29, 0.717) is 18.8 Å². The van der Waals surface area contributed by atoms with E-state index in [1.54, 1.807) is 6.07 Å². The Labute approximate surface area is 166 Å². The van der Waals surface area contributed by atoms with Crippen LogP contribution in [-0.4, -0.2) is 39.8 Å². The molecule has 0 aromatic heterocycles. The zero-order valence-corrected chi connectivity index (χ0v) is 16.5. The van der Waals surface area contributed by atoms with Crippen molar-refractivity contribution in [2.75, 3.05) is 25.1 Å². The zero-order chi connectivity index (χ0) is 20.5. The number of ether oxygens (including phenoxy) is 1. The number of hydrogen-bond acceptors (Lipinski definition) is 3. The van der Waals surface area contributed by atoms with E-state index in [0.717, 1.165) is 18.0 Å². The van der Waals surface area contributed by atoms with Gasteiger partial charge in [0.15, 0.2) is 6.23 Å². The van der Waals surface area contributed by atoms with E-state index in [1.165, 1.54) is 12.1 Å². The van der Waals surface area contributed by atoms with Gasteiger partial charge in [0, 0.05) is 23.7 Å². The summed E-state index contributed by atoms with van der Waals surface area (Å²) in [6.07, 6.45) is 2.13. The molecule has 0 spiro atoms. The molecule has 1 fully saturated rings.